The van der Waals surface area contributed by atoms with Crippen molar-refractivity contribution in [1.82, 2.24) is 19.9 Å². The van der Waals surface area contributed by atoms with Crippen molar-refractivity contribution in [2.75, 3.05) is 26.7 Å². The number of piperidine rings is 1. The van der Waals surface area contributed by atoms with Crippen molar-refractivity contribution in [3.8, 4) is 0 Å². The topological polar surface area (TPSA) is 89.6 Å². The molecule has 30 heavy (non-hydrogen) atoms. The predicted molar refractivity (Wildman–Crippen MR) is 111 cm³/mol. The van der Waals surface area contributed by atoms with E-state index in [1.165, 1.54) is 16.5 Å². The largest absolute Gasteiger partial charge is 0.511 e. The Balaban J connectivity index is 1.48. The summed E-state index contributed by atoms with van der Waals surface area (Å²) in [6.45, 7) is 2.32. The number of hydrogen-bond donors (Lipinski definition) is 3. The highest BCUT2D eigenvalue weighted by Crippen LogP contribution is 2.29. The summed E-state index contributed by atoms with van der Waals surface area (Å²) in [7, 11) is -3.64. The van der Waals surface area contributed by atoms with E-state index >= 15 is 0 Å². The average Bonchev–Trinajstić information content (AvgIpc) is 3.08. The van der Waals surface area contributed by atoms with Gasteiger partial charge >= 0.3 is 15.5 Å². The maximum absolute atomic E-state index is 12.7. The van der Waals surface area contributed by atoms with Gasteiger partial charge in [0.1, 0.15) is 0 Å². The van der Waals surface area contributed by atoms with Crippen molar-refractivity contribution in [1.29, 1.82) is 0 Å². The molecule has 0 amide bonds. The van der Waals surface area contributed by atoms with Gasteiger partial charge in [-0.25, -0.2) is 8.42 Å². The average molecular weight is 446 g/mol. The monoisotopic (exact) mass is 445 g/mol. The second kappa shape index (κ2) is 8.84. The number of hydrogen-bond acceptors (Lipinski definition) is 3. The van der Waals surface area contributed by atoms with E-state index in [0.717, 1.165) is 11.9 Å². The van der Waals surface area contributed by atoms with E-state index in [-0.39, 0.29) is 32.0 Å². The minimum Gasteiger partial charge on any atom is -0.361 e. The SMILES string of the molecule is CN=C(NCCc1c[nH]c2cc(C)ccc12)NC1CCN(S(=O)(=O)C(F)(F)F)CC1. The smallest absolute Gasteiger partial charge is 0.361 e. The molecule has 0 atom stereocenters. The zero-order valence-electron chi connectivity index (χ0n) is 16.9. The minimum absolute atomic E-state index is 0.146. The molecule has 166 valence electrons. The molecule has 7 nitrogen and oxygen atoms in total. The van der Waals surface area contributed by atoms with Crippen LogP contribution in [0.3, 0.4) is 0 Å². The highest BCUT2D eigenvalue weighted by molar-refractivity contribution is 7.90. The van der Waals surface area contributed by atoms with E-state index in [1.807, 2.05) is 13.1 Å². The number of fused-ring (bicyclic) bond motifs is 1. The van der Waals surface area contributed by atoms with E-state index in [1.54, 1.807) is 7.05 Å². The van der Waals surface area contributed by atoms with Crippen molar-refractivity contribution in [2.24, 2.45) is 4.99 Å². The Labute approximate surface area is 173 Å². The summed E-state index contributed by atoms with van der Waals surface area (Å²) in [6.07, 6.45) is 3.31. The van der Waals surface area contributed by atoms with Crippen molar-refractivity contribution >= 4 is 26.9 Å². The minimum atomic E-state index is -5.26. The third kappa shape index (κ3) is 4.89. The molecule has 0 unspecified atom stereocenters. The number of H-pyrrole nitrogens is 1. The zero-order valence-corrected chi connectivity index (χ0v) is 17.7. The molecule has 2 aromatic rings. The van der Waals surface area contributed by atoms with Crippen LogP contribution in [-0.4, -0.2) is 61.9 Å². The first-order valence-electron chi connectivity index (χ1n) is 9.72. The fraction of sp³-hybridized carbons (Fsp3) is 0.526. The number of nitrogens with one attached hydrogen (secondary N) is 3. The highest BCUT2D eigenvalue weighted by atomic mass is 32.2. The molecule has 1 aliphatic rings. The van der Waals surface area contributed by atoms with Gasteiger partial charge < -0.3 is 15.6 Å². The third-order valence-corrected chi connectivity index (χ3v) is 6.89. The Morgan fingerprint density at radius 1 is 1.30 bits per heavy atom. The first-order chi connectivity index (χ1) is 14.1. The molecule has 1 fully saturated rings. The molecule has 0 saturated carbocycles. The van der Waals surface area contributed by atoms with Crippen LogP contribution in [0.15, 0.2) is 29.4 Å². The Hall–Kier alpha value is -2.27. The van der Waals surface area contributed by atoms with Crippen LogP contribution in [0.25, 0.3) is 10.9 Å². The second-order valence-electron chi connectivity index (χ2n) is 7.38. The quantitative estimate of drug-likeness (QED) is 0.487. The number of aromatic nitrogens is 1. The van der Waals surface area contributed by atoms with Gasteiger partial charge in [0.05, 0.1) is 0 Å². The summed E-state index contributed by atoms with van der Waals surface area (Å²) in [5.74, 6) is 0.544. The molecule has 0 spiro atoms. The summed E-state index contributed by atoms with van der Waals surface area (Å²) >= 11 is 0. The Bertz CT molecular complexity index is 1010. The molecule has 1 aromatic carbocycles. The number of aliphatic imine (C=N–C) groups is 1. The summed E-state index contributed by atoms with van der Waals surface area (Å²) in [4.78, 5) is 7.42. The number of alkyl halides is 3. The molecule has 3 rings (SSSR count). The lowest BCUT2D eigenvalue weighted by atomic mass is 10.1. The maximum Gasteiger partial charge on any atom is 0.511 e. The first kappa shape index (κ1) is 22.4. The van der Waals surface area contributed by atoms with Crippen LogP contribution in [0.4, 0.5) is 13.2 Å². The van der Waals surface area contributed by atoms with Crippen molar-refractivity contribution in [2.45, 2.75) is 37.7 Å². The molecular weight excluding hydrogens is 419 g/mol. The molecule has 11 heteroatoms. The lowest BCUT2D eigenvalue weighted by molar-refractivity contribution is -0.0494. The van der Waals surface area contributed by atoms with Gasteiger partial charge in [-0.15, -0.1) is 0 Å². The van der Waals surface area contributed by atoms with E-state index in [9.17, 15) is 21.6 Å². The number of halogens is 3. The van der Waals surface area contributed by atoms with Gasteiger partial charge in [0.2, 0.25) is 0 Å². The summed E-state index contributed by atoms with van der Waals surface area (Å²) in [5.41, 5.74) is -1.80. The van der Waals surface area contributed by atoms with Crippen molar-refractivity contribution in [3.63, 3.8) is 0 Å². The van der Waals surface area contributed by atoms with Crippen LogP contribution in [0, 0.1) is 6.92 Å². The van der Waals surface area contributed by atoms with Gasteiger partial charge in [-0.05, 0) is 43.4 Å². The fourth-order valence-electron chi connectivity index (χ4n) is 3.60. The molecule has 1 aliphatic heterocycles. The summed E-state index contributed by atoms with van der Waals surface area (Å²) < 4.78 is 61.5. The summed E-state index contributed by atoms with van der Waals surface area (Å²) in [5, 5.41) is 7.55. The van der Waals surface area contributed by atoms with Gasteiger partial charge in [-0.1, -0.05) is 12.1 Å². The number of nitrogens with zero attached hydrogens (tertiary/aromatic N) is 2. The van der Waals surface area contributed by atoms with Gasteiger partial charge in [0, 0.05) is 49.8 Å². The van der Waals surface area contributed by atoms with Gasteiger partial charge in [-0.2, -0.15) is 17.5 Å². The normalized spacial score (nSPS) is 17.4. The molecule has 0 radical (unpaired) electrons. The number of rotatable bonds is 5. The van der Waals surface area contributed by atoms with Crippen LogP contribution in [0.1, 0.15) is 24.0 Å². The van der Waals surface area contributed by atoms with Crippen LogP contribution in [0.5, 0.6) is 0 Å². The van der Waals surface area contributed by atoms with Crippen LogP contribution < -0.4 is 10.6 Å². The number of aromatic amines is 1. The second-order valence-corrected chi connectivity index (χ2v) is 9.31. The van der Waals surface area contributed by atoms with E-state index in [4.69, 9.17) is 0 Å². The van der Waals surface area contributed by atoms with E-state index in [2.05, 4.69) is 38.8 Å². The van der Waals surface area contributed by atoms with Crippen LogP contribution >= 0.6 is 0 Å². The number of guanidine groups is 1. The Morgan fingerprint density at radius 2 is 2.00 bits per heavy atom. The Kier molecular flexibility index (Phi) is 6.61. The molecule has 0 aliphatic carbocycles. The maximum atomic E-state index is 12.7. The van der Waals surface area contributed by atoms with Crippen molar-refractivity contribution in [3.05, 3.63) is 35.5 Å². The molecule has 1 aromatic heterocycles. The molecule has 2 heterocycles. The molecular formula is C19H26F3N5O2S. The van der Waals surface area contributed by atoms with E-state index in [0.29, 0.717) is 16.8 Å². The van der Waals surface area contributed by atoms with Crippen LogP contribution in [-0.2, 0) is 16.4 Å². The van der Waals surface area contributed by atoms with Gasteiger partial charge in [0.25, 0.3) is 0 Å². The standard InChI is InChI=1S/C19H26F3N5O2S/c1-13-3-4-16-14(12-25-17(16)11-13)5-8-24-18(23-2)26-15-6-9-27(10-7-15)30(28,29)19(20,21)22/h3-4,11-12,15,25H,5-10H2,1-2H3,(H2,23,24,26). The predicted octanol–water partition coefficient (Wildman–Crippen LogP) is 2.50. The van der Waals surface area contributed by atoms with Gasteiger partial charge in [0.15, 0.2) is 5.96 Å². The van der Waals surface area contributed by atoms with Crippen LogP contribution in [0.2, 0.25) is 0 Å². The third-order valence-electron chi connectivity index (χ3n) is 5.26. The molecule has 1 saturated heterocycles. The lowest BCUT2D eigenvalue weighted by Gasteiger charge is -2.32. The van der Waals surface area contributed by atoms with Crippen molar-refractivity contribution < 1.29 is 21.6 Å². The Morgan fingerprint density at radius 3 is 2.63 bits per heavy atom. The van der Waals surface area contributed by atoms with Gasteiger partial charge in [-0.3, -0.25) is 4.99 Å². The molecule has 0 bridgehead atoms. The number of aryl methyl sites for hydroxylation is 1. The summed E-state index contributed by atoms with van der Waals surface area (Å²) in [6, 6.07) is 6.11. The first-order valence-corrected chi connectivity index (χ1v) is 11.2. The number of sulfonamides is 1. The lowest BCUT2D eigenvalue weighted by Crippen LogP contribution is -2.51. The van der Waals surface area contributed by atoms with E-state index < -0.39 is 15.5 Å². The number of benzene rings is 1. The zero-order chi connectivity index (χ0) is 21.9. The highest BCUT2D eigenvalue weighted by Gasteiger charge is 2.50. The fourth-order valence-corrected chi connectivity index (χ4v) is 4.58. The molecule has 3 N–H and O–H groups in total.